The summed E-state index contributed by atoms with van der Waals surface area (Å²) in [5.74, 6) is -1.81. The summed E-state index contributed by atoms with van der Waals surface area (Å²) in [4.78, 5) is 40.7. The lowest BCUT2D eigenvalue weighted by Gasteiger charge is -2.23. The van der Waals surface area contributed by atoms with Gasteiger partial charge in [-0.05, 0) is 56.3 Å². The van der Waals surface area contributed by atoms with Crippen LogP contribution in [0.1, 0.15) is 34.3 Å². The molecule has 2 aliphatic rings. The summed E-state index contributed by atoms with van der Waals surface area (Å²) in [5, 5.41) is 3.34. The largest absolute Gasteiger partial charge is 0.425 e. The number of aryl methyl sites for hydroxylation is 1. The molecule has 3 aromatic carbocycles. The van der Waals surface area contributed by atoms with Crippen molar-refractivity contribution in [3.63, 3.8) is 0 Å². The van der Waals surface area contributed by atoms with Crippen LogP contribution in [0.15, 0.2) is 72.8 Å². The first-order valence-electron chi connectivity index (χ1n) is 10.3. The number of carbonyl (C=O) groups is 3. The number of amides is 1. The van der Waals surface area contributed by atoms with Gasteiger partial charge in [-0.2, -0.15) is 0 Å². The van der Waals surface area contributed by atoms with E-state index in [0.717, 1.165) is 5.56 Å². The first-order chi connectivity index (χ1) is 15.3. The molecule has 1 heterocycles. The third kappa shape index (κ3) is 2.67. The second-order valence-electron chi connectivity index (χ2n) is 8.53. The molecule has 32 heavy (non-hydrogen) atoms. The van der Waals surface area contributed by atoms with Crippen LogP contribution in [0.5, 0.6) is 5.75 Å². The van der Waals surface area contributed by atoms with Crippen molar-refractivity contribution >= 4 is 34.9 Å². The predicted octanol–water partition coefficient (Wildman–Crippen LogP) is 5.18. The molecule has 0 spiro atoms. The van der Waals surface area contributed by atoms with Gasteiger partial charge in [-0.15, -0.1) is 0 Å². The van der Waals surface area contributed by atoms with Crippen LogP contribution in [0.25, 0.3) is 0 Å². The molecule has 0 saturated heterocycles. The smallest absolute Gasteiger partial charge is 0.328 e. The molecule has 1 fully saturated rings. The second-order valence-corrected chi connectivity index (χ2v) is 8.96. The summed E-state index contributed by atoms with van der Waals surface area (Å²) in [6.45, 7) is 3.62. The quantitative estimate of drug-likeness (QED) is 0.260. The number of anilines is 1. The molecule has 1 amide bonds. The molecule has 0 unspecified atom stereocenters. The van der Waals surface area contributed by atoms with E-state index in [2.05, 4.69) is 5.32 Å². The normalized spacial score (nSPS) is 25.2. The van der Waals surface area contributed by atoms with Crippen molar-refractivity contribution in [2.75, 3.05) is 5.32 Å². The Labute approximate surface area is 190 Å². The van der Waals surface area contributed by atoms with Crippen LogP contribution in [-0.4, -0.2) is 17.7 Å². The first-order valence-corrected chi connectivity index (χ1v) is 10.7. The Hall–Kier alpha value is -3.44. The summed E-state index contributed by atoms with van der Waals surface area (Å²) in [7, 11) is 0. The zero-order valence-corrected chi connectivity index (χ0v) is 18.3. The lowest BCUT2D eigenvalue weighted by Crippen LogP contribution is -2.42. The fourth-order valence-corrected chi connectivity index (χ4v) is 5.15. The number of carbonyl (C=O) groups excluding carboxylic acids is 3. The molecule has 0 bridgehead atoms. The Morgan fingerprint density at radius 2 is 1.62 bits per heavy atom. The molecule has 1 aliphatic carbocycles. The van der Waals surface area contributed by atoms with E-state index in [1.807, 2.05) is 25.1 Å². The highest BCUT2D eigenvalue weighted by molar-refractivity contribution is 6.30. The van der Waals surface area contributed by atoms with E-state index in [4.69, 9.17) is 16.3 Å². The second kappa shape index (κ2) is 7.04. The van der Waals surface area contributed by atoms with Crippen molar-refractivity contribution in [2.45, 2.75) is 19.8 Å². The Balaban J connectivity index is 1.62. The lowest BCUT2D eigenvalue weighted by molar-refractivity contribution is -0.147. The minimum Gasteiger partial charge on any atom is -0.425 e. The van der Waals surface area contributed by atoms with Gasteiger partial charge in [0.2, 0.25) is 5.91 Å². The van der Waals surface area contributed by atoms with Crippen LogP contribution in [0, 0.1) is 17.8 Å². The van der Waals surface area contributed by atoms with Gasteiger partial charge in [0.05, 0.1) is 5.41 Å². The van der Waals surface area contributed by atoms with Crippen molar-refractivity contribution in [3.05, 3.63) is 94.5 Å². The van der Waals surface area contributed by atoms with Crippen molar-refractivity contribution in [1.29, 1.82) is 0 Å². The van der Waals surface area contributed by atoms with E-state index in [0.29, 0.717) is 27.6 Å². The van der Waals surface area contributed by atoms with Crippen LogP contribution in [0.3, 0.4) is 0 Å². The zero-order chi connectivity index (χ0) is 22.7. The summed E-state index contributed by atoms with van der Waals surface area (Å²) < 4.78 is 5.59. The lowest BCUT2D eigenvalue weighted by atomic mass is 9.86. The molecule has 1 N–H and O–H groups in total. The van der Waals surface area contributed by atoms with Gasteiger partial charge in [0, 0.05) is 27.8 Å². The first kappa shape index (κ1) is 20.5. The van der Waals surface area contributed by atoms with E-state index in [1.165, 1.54) is 0 Å². The fourth-order valence-electron chi connectivity index (χ4n) is 5.02. The topological polar surface area (TPSA) is 72.5 Å². The summed E-state index contributed by atoms with van der Waals surface area (Å²) in [5.41, 5.74) is -0.315. The number of benzene rings is 3. The number of Topliss-reactive ketones (excluding diaryl/α,β-unsaturated/α-hetero) is 1. The van der Waals surface area contributed by atoms with Gasteiger partial charge in [-0.1, -0.05) is 47.5 Å². The summed E-state index contributed by atoms with van der Waals surface area (Å²) in [6, 6.07) is 20.8. The number of hydrogen-bond donors (Lipinski definition) is 1. The number of fused-ring (bicyclic) bond motifs is 3. The Bertz CT molecular complexity index is 1270. The van der Waals surface area contributed by atoms with E-state index < -0.39 is 28.6 Å². The molecule has 5 nitrogen and oxygen atoms in total. The SMILES string of the molecule is Cc1ccc(NC(=O)[C@@]23C(=O)Oc4ccccc4[C@@H]2[C@@]3(C)C(=O)c2ccc(Cl)cc2)cc1. The van der Waals surface area contributed by atoms with Gasteiger partial charge < -0.3 is 10.1 Å². The van der Waals surface area contributed by atoms with E-state index in [1.54, 1.807) is 61.5 Å². The maximum Gasteiger partial charge on any atom is 0.328 e. The number of nitrogens with one attached hydrogen (secondary N) is 1. The molecule has 1 saturated carbocycles. The molecule has 1 aliphatic heterocycles. The number of para-hydroxylation sites is 1. The molecular formula is C26H20ClNO4. The number of hydrogen-bond acceptors (Lipinski definition) is 4. The number of esters is 1. The number of rotatable bonds is 4. The highest BCUT2D eigenvalue weighted by Crippen LogP contribution is 2.78. The minimum atomic E-state index is -1.66. The van der Waals surface area contributed by atoms with Crippen molar-refractivity contribution < 1.29 is 19.1 Å². The van der Waals surface area contributed by atoms with Crippen LogP contribution < -0.4 is 10.1 Å². The Kier molecular flexibility index (Phi) is 4.50. The van der Waals surface area contributed by atoms with Crippen LogP contribution >= 0.6 is 11.6 Å². The van der Waals surface area contributed by atoms with E-state index >= 15 is 0 Å². The molecule has 6 heteroatoms. The van der Waals surface area contributed by atoms with Gasteiger partial charge in [-0.25, -0.2) is 0 Å². The van der Waals surface area contributed by atoms with Crippen LogP contribution in [0.2, 0.25) is 5.02 Å². The molecular weight excluding hydrogens is 426 g/mol. The highest BCUT2D eigenvalue weighted by atomic mass is 35.5. The highest BCUT2D eigenvalue weighted by Gasteiger charge is 2.88. The summed E-state index contributed by atoms with van der Waals surface area (Å²) in [6.07, 6.45) is 0. The maximum atomic E-state index is 13.7. The van der Waals surface area contributed by atoms with Gasteiger partial charge >= 0.3 is 5.97 Å². The molecule has 0 aromatic heterocycles. The average Bonchev–Trinajstić information content (AvgIpc) is 3.39. The minimum absolute atomic E-state index is 0.299. The number of ketones is 1. The molecule has 0 radical (unpaired) electrons. The van der Waals surface area contributed by atoms with Gasteiger partial charge in [0.15, 0.2) is 11.2 Å². The molecule has 3 atom stereocenters. The molecule has 3 aromatic rings. The van der Waals surface area contributed by atoms with Crippen LogP contribution in [-0.2, 0) is 9.59 Å². The monoisotopic (exact) mass is 445 g/mol. The Morgan fingerprint density at radius 3 is 2.31 bits per heavy atom. The van der Waals surface area contributed by atoms with Gasteiger partial charge in [0.25, 0.3) is 0 Å². The van der Waals surface area contributed by atoms with Gasteiger partial charge in [0.1, 0.15) is 5.75 Å². The fraction of sp³-hybridized carbons (Fsp3) is 0.192. The number of ether oxygens (including phenoxy) is 1. The molecule has 160 valence electrons. The van der Waals surface area contributed by atoms with E-state index in [-0.39, 0.29) is 5.78 Å². The van der Waals surface area contributed by atoms with Crippen molar-refractivity contribution in [1.82, 2.24) is 0 Å². The number of halogens is 1. The zero-order valence-electron chi connectivity index (χ0n) is 17.5. The van der Waals surface area contributed by atoms with Crippen molar-refractivity contribution in [2.24, 2.45) is 10.8 Å². The van der Waals surface area contributed by atoms with E-state index in [9.17, 15) is 14.4 Å². The third-order valence-electron chi connectivity index (χ3n) is 6.75. The molecule has 5 rings (SSSR count). The van der Waals surface area contributed by atoms with Crippen LogP contribution in [0.4, 0.5) is 5.69 Å². The average molecular weight is 446 g/mol. The van der Waals surface area contributed by atoms with Crippen molar-refractivity contribution in [3.8, 4) is 5.75 Å². The summed E-state index contributed by atoms with van der Waals surface area (Å²) >= 11 is 5.99. The predicted molar refractivity (Wildman–Crippen MR) is 121 cm³/mol. The third-order valence-corrected chi connectivity index (χ3v) is 7.00. The van der Waals surface area contributed by atoms with Gasteiger partial charge in [-0.3, -0.25) is 14.4 Å². The maximum absolute atomic E-state index is 13.7. The standard InChI is InChI=1S/C26H20ClNO4/c1-15-7-13-18(14-8-15)28-23(30)26-21(19-5-3-4-6-20(19)32-24(26)31)25(26,2)22(29)16-9-11-17(27)12-10-16/h3-14,21H,1-2H3,(H,28,30)/t21-,25+,26-/m1/s1. The Morgan fingerprint density at radius 1 is 0.969 bits per heavy atom.